The second kappa shape index (κ2) is 7.15. The van der Waals surface area contributed by atoms with Crippen LogP contribution < -0.4 is 14.7 Å². The molecule has 5 heteroatoms. The Bertz CT molecular complexity index is 1080. The van der Waals surface area contributed by atoms with Crippen molar-refractivity contribution in [2.24, 2.45) is 0 Å². The standard InChI is InChI=1S/C25H29N5/c1-18-7-10-21-20(17-18)25(27-24(26-21)19-8-9-19)30-15-13-29(14-16-30)23-6-3-2-5-22(23)28-11-4-12-28/h2-3,5-7,10,17,19H,4,8-9,11-16H2,1H3. The van der Waals surface area contributed by atoms with Gasteiger partial charge in [0.15, 0.2) is 0 Å². The third kappa shape index (κ3) is 3.17. The maximum absolute atomic E-state index is 5.08. The normalized spacial score (nSPS) is 19.3. The van der Waals surface area contributed by atoms with Gasteiger partial charge < -0.3 is 14.7 Å². The molecule has 2 aliphatic heterocycles. The minimum atomic E-state index is 0.569. The number of para-hydroxylation sites is 2. The molecule has 3 aromatic rings. The van der Waals surface area contributed by atoms with E-state index in [-0.39, 0.29) is 0 Å². The summed E-state index contributed by atoms with van der Waals surface area (Å²) in [5, 5.41) is 1.20. The van der Waals surface area contributed by atoms with Crippen LogP contribution in [0.2, 0.25) is 0 Å². The van der Waals surface area contributed by atoms with Crippen molar-refractivity contribution in [1.82, 2.24) is 9.97 Å². The number of fused-ring (bicyclic) bond motifs is 1. The summed E-state index contributed by atoms with van der Waals surface area (Å²) < 4.78 is 0. The molecule has 0 N–H and O–H groups in total. The lowest BCUT2D eigenvalue weighted by Crippen LogP contribution is -2.48. The van der Waals surface area contributed by atoms with Gasteiger partial charge in [0, 0.05) is 50.6 Å². The van der Waals surface area contributed by atoms with Crippen LogP contribution in [0.15, 0.2) is 42.5 Å². The highest BCUT2D eigenvalue weighted by molar-refractivity contribution is 5.90. The summed E-state index contributed by atoms with van der Waals surface area (Å²) in [6.45, 7) is 8.59. The van der Waals surface area contributed by atoms with Crippen LogP contribution >= 0.6 is 0 Å². The predicted octanol–water partition coefficient (Wildman–Crippen LogP) is 4.35. The number of aromatic nitrogens is 2. The van der Waals surface area contributed by atoms with Crippen LogP contribution in [-0.4, -0.2) is 49.2 Å². The van der Waals surface area contributed by atoms with Crippen molar-refractivity contribution < 1.29 is 0 Å². The molecule has 0 bridgehead atoms. The first-order valence-corrected chi connectivity index (χ1v) is 11.4. The minimum Gasteiger partial charge on any atom is -0.370 e. The monoisotopic (exact) mass is 399 g/mol. The van der Waals surface area contributed by atoms with E-state index in [1.165, 1.54) is 54.7 Å². The van der Waals surface area contributed by atoms with Crippen LogP contribution in [0.4, 0.5) is 17.2 Å². The van der Waals surface area contributed by atoms with Gasteiger partial charge in [0.25, 0.3) is 0 Å². The molecule has 0 atom stereocenters. The van der Waals surface area contributed by atoms with Crippen molar-refractivity contribution in [2.45, 2.75) is 32.1 Å². The fourth-order valence-electron chi connectivity index (χ4n) is 4.72. The summed E-state index contributed by atoms with van der Waals surface area (Å²) in [5.41, 5.74) is 5.15. The summed E-state index contributed by atoms with van der Waals surface area (Å²) in [4.78, 5) is 17.5. The van der Waals surface area contributed by atoms with Gasteiger partial charge in [0.05, 0.1) is 16.9 Å². The molecule has 3 heterocycles. The van der Waals surface area contributed by atoms with Crippen LogP contribution in [0, 0.1) is 6.92 Å². The Balaban J connectivity index is 1.28. The lowest BCUT2D eigenvalue weighted by Gasteiger charge is -2.41. The molecule has 30 heavy (non-hydrogen) atoms. The van der Waals surface area contributed by atoms with Gasteiger partial charge in [0.2, 0.25) is 0 Å². The summed E-state index contributed by atoms with van der Waals surface area (Å²) in [5.74, 6) is 2.76. The first kappa shape index (κ1) is 18.0. The number of aryl methyl sites for hydroxylation is 1. The molecule has 154 valence electrons. The quantitative estimate of drug-likeness (QED) is 0.652. The van der Waals surface area contributed by atoms with E-state index >= 15 is 0 Å². The SMILES string of the molecule is Cc1ccc2nc(C3CC3)nc(N3CCN(c4ccccc4N4CCC4)CC3)c2c1. The number of rotatable bonds is 4. The van der Waals surface area contributed by atoms with Crippen LogP contribution in [0.5, 0.6) is 0 Å². The molecule has 2 aromatic carbocycles. The van der Waals surface area contributed by atoms with Gasteiger partial charge in [-0.3, -0.25) is 0 Å². The Hall–Kier alpha value is -2.82. The van der Waals surface area contributed by atoms with Gasteiger partial charge >= 0.3 is 0 Å². The molecule has 1 saturated carbocycles. The molecule has 2 saturated heterocycles. The number of hydrogen-bond donors (Lipinski definition) is 0. The predicted molar refractivity (Wildman–Crippen MR) is 124 cm³/mol. The van der Waals surface area contributed by atoms with Gasteiger partial charge in [-0.1, -0.05) is 23.8 Å². The maximum Gasteiger partial charge on any atom is 0.140 e. The fourth-order valence-corrected chi connectivity index (χ4v) is 4.72. The third-order valence-corrected chi connectivity index (χ3v) is 6.79. The van der Waals surface area contributed by atoms with Crippen molar-refractivity contribution in [3.8, 4) is 0 Å². The fraction of sp³-hybridized carbons (Fsp3) is 0.440. The Morgan fingerprint density at radius 3 is 2.07 bits per heavy atom. The first-order chi connectivity index (χ1) is 14.8. The van der Waals surface area contributed by atoms with E-state index in [2.05, 4.69) is 64.1 Å². The third-order valence-electron chi connectivity index (χ3n) is 6.79. The number of benzene rings is 2. The van der Waals surface area contributed by atoms with Crippen LogP contribution in [0.3, 0.4) is 0 Å². The lowest BCUT2D eigenvalue weighted by atomic mass is 10.1. The van der Waals surface area contributed by atoms with Crippen LogP contribution in [0.1, 0.15) is 36.6 Å². The highest BCUT2D eigenvalue weighted by atomic mass is 15.3. The molecular formula is C25H29N5. The van der Waals surface area contributed by atoms with Gasteiger partial charge in [-0.25, -0.2) is 9.97 Å². The van der Waals surface area contributed by atoms with E-state index < -0.39 is 0 Å². The average Bonchev–Trinajstić information content (AvgIpc) is 3.58. The summed E-state index contributed by atoms with van der Waals surface area (Å²) in [6.07, 6.45) is 3.78. The molecule has 0 unspecified atom stereocenters. The Morgan fingerprint density at radius 2 is 1.43 bits per heavy atom. The van der Waals surface area contributed by atoms with E-state index in [0.29, 0.717) is 5.92 Å². The van der Waals surface area contributed by atoms with E-state index in [4.69, 9.17) is 9.97 Å². The lowest BCUT2D eigenvalue weighted by molar-refractivity contribution is 0.610. The largest absolute Gasteiger partial charge is 0.370 e. The van der Waals surface area contributed by atoms with E-state index in [1.54, 1.807) is 0 Å². The van der Waals surface area contributed by atoms with Crippen molar-refractivity contribution in [3.63, 3.8) is 0 Å². The van der Waals surface area contributed by atoms with Crippen molar-refractivity contribution in [3.05, 3.63) is 53.9 Å². The number of nitrogens with zero attached hydrogens (tertiary/aromatic N) is 5. The van der Waals surface area contributed by atoms with Crippen LogP contribution in [0.25, 0.3) is 10.9 Å². The number of anilines is 3. The number of piperazine rings is 1. The second-order valence-electron chi connectivity index (χ2n) is 9.00. The molecule has 1 aliphatic carbocycles. The zero-order valence-corrected chi connectivity index (χ0v) is 17.7. The van der Waals surface area contributed by atoms with Gasteiger partial charge in [-0.15, -0.1) is 0 Å². The zero-order valence-electron chi connectivity index (χ0n) is 17.7. The van der Waals surface area contributed by atoms with Crippen LogP contribution in [-0.2, 0) is 0 Å². The summed E-state index contributed by atoms with van der Waals surface area (Å²) in [7, 11) is 0. The van der Waals surface area contributed by atoms with Crippen molar-refractivity contribution >= 4 is 28.1 Å². The van der Waals surface area contributed by atoms with Gasteiger partial charge in [0.1, 0.15) is 11.6 Å². The van der Waals surface area contributed by atoms with Crippen molar-refractivity contribution in [2.75, 3.05) is 54.0 Å². The molecule has 0 radical (unpaired) electrons. The zero-order chi connectivity index (χ0) is 20.1. The molecule has 1 aromatic heterocycles. The highest BCUT2D eigenvalue weighted by Gasteiger charge is 2.29. The molecule has 6 rings (SSSR count). The Labute approximate surface area is 178 Å². The molecular weight excluding hydrogens is 370 g/mol. The molecule has 5 nitrogen and oxygen atoms in total. The smallest absolute Gasteiger partial charge is 0.140 e. The van der Waals surface area contributed by atoms with E-state index in [1.807, 2.05) is 0 Å². The number of hydrogen-bond acceptors (Lipinski definition) is 5. The molecule has 3 aliphatic rings. The second-order valence-corrected chi connectivity index (χ2v) is 9.00. The van der Waals surface area contributed by atoms with E-state index in [0.717, 1.165) is 43.3 Å². The summed E-state index contributed by atoms with van der Waals surface area (Å²) in [6, 6.07) is 15.5. The topological polar surface area (TPSA) is 35.5 Å². The molecule has 0 spiro atoms. The average molecular weight is 400 g/mol. The van der Waals surface area contributed by atoms with E-state index in [9.17, 15) is 0 Å². The summed E-state index contributed by atoms with van der Waals surface area (Å²) >= 11 is 0. The van der Waals surface area contributed by atoms with Gasteiger partial charge in [-0.05, 0) is 50.5 Å². The molecule has 0 amide bonds. The maximum atomic E-state index is 5.08. The molecule has 3 fully saturated rings. The Morgan fingerprint density at radius 1 is 0.767 bits per heavy atom. The highest BCUT2D eigenvalue weighted by Crippen LogP contribution is 2.40. The van der Waals surface area contributed by atoms with Crippen molar-refractivity contribution in [1.29, 1.82) is 0 Å². The minimum absolute atomic E-state index is 0.569. The van der Waals surface area contributed by atoms with Gasteiger partial charge in [-0.2, -0.15) is 0 Å². The Kier molecular flexibility index (Phi) is 4.29. The first-order valence-electron chi connectivity index (χ1n) is 11.4.